The van der Waals surface area contributed by atoms with Crippen molar-refractivity contribution in [3.05, 3.63) is 17.7 Å². The highest BCUT2D eigenvalue weighted by Gasteiger charge is 2.12. The van der Waals surface area contributed by atoms with Crippen LogP contribution in [0.3, 0.4) is 0 Å². The summed E-state index contributed by atoms with van der Waals surface area (Å²) >= 11 is 0. The van der Waals surface area contributed by atoms with Gasteiger partial charge in [-0.25, -0.2) is 0 Å². The zero-order valence-electron chi connectivity index (χ0n) is 12.8. The molecule has 2 N–H and O–H groups in total. The SMILES string of the molecule is CCCCCCCCCc1ccc(O)c(O)c1OCC. The van der Waals surface area contributed by atoms with E-state index in [0.29, 0.717) is 12.4 Å². The summed E-state index contributed by atoms with van der Waals surface area (Å²) in [5.74, 6) is 0.197. The van der Waals surface area contributed by atoms with Gasteiger partial charge in [0, 0.05) is 0 Å². The average molecular weight is 280 g/mol. The molecule has 0 atom stereocenters. The van der Waals surface area contributed by atoms with E-state index < -0.39 is 0 Å². The fraction of sp³-hybridized carbons (Fsp3) is 0.647. The van der Waals surface area contributed by atoms with Gasteiger partial charge < -0.3 is 14.9 Å². The molecule has 3 heteroatoms. The monoisotopic (exact) mass is 280 g/mol. The summed E-state index contributed by atoms with van der Waals surface area (Å²) in [6.45, 7) is 4.59. The van der Waals surface area contributed by atoms with E-state index in [9.17, 15) is 10.2 Å². The summed E-state index contributed by atoms with van der Waals surface area (Å²) in [5, 5.41) is 19.3. The molecule has 0 bridgehead atoms. The Morgan fingerprint density at radius 3 is 2.20 bits per heavy atom. The van der Waals surface area contributed by atoms with E-state index in [4.69, 9.17) is 4.74 Å². The van der Waals surface area contributed by atoms with E-state index in [1.807, 2.05) is 13.0 Å². The summed E-state index contributed by atoms with van der Waals surface area (Å²) in [6, 6.07) is 3.38. The smallest absolute Gasteiger partial charge is 0.200 e. The Hall–Kier alpha value is -1.38. The summed E-state index contributed by atoms with van der Waals surface area (Å²) in [5.41, 5.74) is 0.982. The van der Waals surface area contributed by atoms with Gasteiger partial charge in [0.2, 0.25) is 5.75 Å². The van der Waals surface area contributed by atoms with Gasteiger partial charge in [-0.2, -0.15) is 0 Å². The number of phenols is 2. The van der Waals surface area contributed by atoms with Gasteiger partial charge >= 0.3 is 0 Å². The maximum Gasteiger partial charge on any atom is 0.200 e. The molecule has 0 aliphatic heterocycles. The quantitative estimate of drug-likeness (QED) is 0.478. The first-order valence-electron chi connectivity index (χ1n) is 7.87. The van der Waals surface area contributed by atoms with E-state index in [0.717, 1.165) is 18.4 Å². The van der Waals surface area contributed by atoms with Gasteiger partial charge in [0.25, 0.3) is 0 Å². The molecule has 0 aliphatic rings. The molecule has 0 aliphatic carbocycles. The number of phenolic OH excluding ortho intramolecular Hbond substituents is 2. The maximum absolute atomic E-state index is 9.83. The Kier molecular flexibility index (Phi) is 7.93. The normalized spacial score (nSPS) is 10.7. The molecule has 1 aromatic carbocycles. The van der Waals surface area contributed by atoms with Crippen molar-refractivity contribution < 1.29 is 14.9 Å². The molecule has 0 radical (unpaired) electrons. The third-order valence-corrected chi connectivity index (χ3v) is 3.53. The number of hydrogen-bond donors (Lipinski definition) is 2. The van der Waals surface area contributed by atoms with Crippen LogP contribution in [0.5, 0.6) is 17.2 Å². The van der Waals surface area contributed by atoms with Gasteiger partial charge in [-0.05, 0) is 31.4 Å². The molecule has 0 heterocycles. The lowest BCUT2D eigenvalue weighted by molar-refractivity contribution is 0.305. The molecule has 3 nitrogen and oxygen atoms in total. The highest BCUT2D eigenvalue weighted by atomic mass is 16.5. The van der Waals surface area contributed by atoms with E-state index in [2.05, 4.69) is 6.92 Å². The highest BCUT2D eigenvalue weighted by Crippen LogP contribution is 2.38. The Bertz CT molecular complexity index is 388. The van der Waals surface area contributed by atoms with Crippen molar-refractivity contribution in [3.8, 4) is 17.2 Å². The lowest BCUT2D eigenvalue weighted by atomic mass is 10.0. The second-order valence-corrected chi connectivity index (χ2v) is 5.23. The van der Waals surface area contributed by atoms with Crippen molar-refractivity contribution in [2.75, 3.05) is 6.61 Å². The molecule has 0 unspecified atom stereocenters. The zero-order valence-corrected chi connectivity index (χ0v) is 12.8. The van der Waals surface area contributed by atoms with Crippen LogP contribution in [0.15, 0.2) is 12.1 Å². The molecular formula is C17H28O3. The van der Waals surface area contributed by atoms with Crippen molar-refractivity contribution in [3.63, 3.8) is 0 Å². The molecule has 0 amide bonds. The molecule has 0 aromatic heterocycles. The predicted octanol–water partition coefficient (Wildman–Crippen LogP) is 4.79. The third-order valence-electron chi connectivity index (χ3n) is 3.53. The van der Waals surface area contributed by atoms with E-state index in [1.54, 1.807) is 0 Å². The lowest BCUT2D eigenvalue weighted by Gasteiger charge is -2.12. The molecule has 20 heavy (non-hydrogen) atoms. The first-order chi connectivity index (χ1) is 9.70. The minimum atomic E-state index is -0.132. The fourth-order valence-corrected chi connectivity index (χ4v) is 2.38. The zero-order chi connectivity index (χ0) is 14.8. The number of hydrogen-bond acceptors (Lipinski definition) is 3. The maximum atomic E-state index is 9.83. The second kappa shape index (κ2) is 9.51. The predicted molar refractivity (Wildman–Crippen MR) is 82.6 cm³/mol. The van der Waals surface area contributed by atoms with Crippen molar-refractivity contribution in [2.24, 2.45) is 0 Å². The average Bonchev–Trinajstić information content (AvgIpc) is 2.45. The topological polar surface area (TPSA) is 49.7 Å². The van der Waals surface area contributed by atoms with Gasteiger partial charge in [-0.15, -0.1) is 0 Å². The molecular weight excluding hydrogens is 252 g/mol. The summed E-state index contributed by atoms with van der Waals surface area (Å²) in [4.78, 5) is 0. The van der Waals surface area contributed by atoms with Crippen molar-refractivity contribution in [1.29, 1.82) is 0 Å². The number of ether oxygens (including phenoxy) is 1. The van der Waals surface area contributed by atoms with Crippen LogP contribution in [0.1, 0.15) is 64.4 Å². The Labute approximate surface area is 122 Å². The van der Waals surface area contributed by atoms with Gasteiger partial charge in [-0.3, -0.25) is 0 Å². The summed E-state index contributed by atoms with van der Waals surface area (Å²) in [7, 11) is 0. The van der Waals surface area contributed by atoms with Crippen LogP contribution in [0, 0.1) is 0 Å². The molecule has 114 valence electrons. The molecule has 0 spiro atoms. The van der Waals surface area contributed by atoms with Crippen molar-refractivity contribution in [2.45, 2.75) is 65.2 Å². The lowest BCUT2D eigenvalue weighted by Crippen LogP contribution is -1.98. The first-order valence-corrected chi connectivity index (χ1v) is 7.87. The van der Waals surface area contributed by atoms with Crippen molar-refractivity contribution >= 4 is 0 Å². The van der Waals surface area contributed by atoms with Gasteiger partial charge in [0.05, 0.1) is 6.61 Å². The number of rotatable bonds is 10. The van der Waals surface area contributed by atoms with Crippen LogP contribution < -0.4 is 4.74 Å². The minimum absolute atomic E-state index is 0.114. The largest absolute Gasteiger partial charge is 0.504 e. The second-order valence-electron chi connectivity index (χ2n) is 5.23. The van der Waals surface area contributed by atoms with Crippen LogP contribution in [-0.2, 0) is 6.42 Å². The van der Waals surface area contributed by atoms with Crippen molar-refractivity contribution in [1.82, 2.24) is 0 Å². The third kappa shape index (κ3) is 5.32. The van der Waals surface area contributed by atoms with Gasteiger partial charge in [-0.1, -0.05) is 51.5 Å². The fourth-order valence-electron chi connectivity index (χ4n) is 2.38. The number of aryl methyl sites for hydroxylation is 1. The van der Waals surface area contributed by atoms with E-state index >= 15 is 0 Å². The van der Waals surface area contributed by atoms with Gasteiger partial charge in [0.15, 0.2) is 11.5 Å². The number of unbranched alkanes of at least 4 members (excludes halogenated alkanes) is 6. The molecule has 1 rings (SSSR count). The summed E-state index contributed by atoms with van der Waals surface area (Å²) < 4.78 is 5.45. The minimum Gasteiger partial charge on any atom is -0.504 e. The van der Waals surface area contributed by atoms with E-state index in [-0.39, 0.29) is 11.5 Å². The molecule has 0 fully saturated rings. The number of benzene rings is 1. The number of aromatic hydroxyl groups is 2. The summed E-state index contributed by atoms with van der Waals surface area (Å²) in [6.07, 6.45) is 9.72. The van der Waals surface area contributed by atoms with Gasteiger partial charge in [0.1, 0.15) is 0 Å². The van der Waals surface area contributed by atoms with Crippen LogP contribution in [0.25, 0.3) is 0 Å². The molecule has 1 aromatic rings. The Balaban J connectivity index is 2.41. The first kappa shape index (κ1) is 16.7. The van der Waals surface area contributed by atoms with Crippen LogP contribution >= 0.6 is 0 Å². The van der Waals surface area contributed by atoms with Crippen LogP contribution in [-0.4, -0.2) is 16.8 Å². The van der Waals surface area contributed by atoms with Crippen LogP contribution in [0.2, 0.25) is 0 Å². The molecule has 0 saturated heterocycles. The standard InChI is InChI=1S/C17H28O3/c1-3-5-6-7-8-9-10-11-14-12-13-15(18)16(19)17(14)20-4-2/h12-13,18-19H,3-11H2,1-2H3. The van der Waals surface area contributed by atoms with E-state index in [1.165, 1.54) is 44.6 Å². The Morgan fingerprint density at radius 1 is 0.900 bits per heavy atom. The Morgan fingerprint density at radius 2 is 1.55 bits per heavy atom. The van der Waals surface area contributed by atoms with Crippen LogP contribution in [0.4, 0.5) is 0 Å². The highest BCUT2D eigenvalue weighted by molar-refractivity contribution is 5.54. The molecule has 0 saturated carbocycles.